The number of aliphatic carboxylic acids is 1. The van der Waals surface area contributed by atoms with Crippen molar-refractivity contribution >= 4 is 17.6 Å². The van der Waals surface area contributed by atoms with Gasteiger partial charge in [0.05, 0.1) is 25.2 Å². The van der Waals surface area contributed by atoms with Crippen molar-refractivity contribution in [3.8, 4) is 11.5 Å². The van der Waals surface area contributed by atoms with Gasteiger partial charge < -0.3 is 14.6 Å². The van der Waals surface area contributed by atoms with E-state index in [0.717, 1.165) is 0 Å². The molecule has 0 bridgehead atoms. The molecule has 1 unspecified atom stereocenters. The summed E-state index contributed by atoms with van der Waals surface area (Å²) in [6, 6.07) is 3.41. The SMILES string of the molecule is COc1ccc(OC)c(CC(C)C(=O)O)c1Cl. The lowest BCUT2D eigenvalue weighted by Gasteiger charge is -2.15. The molecule has 0 amide bonds. The zero-order valence-electron chi connectivity index (χ0n) is 9.99. The Bertz CT molecular complexity index is 417. The molecule has 1 N–H and O–H groups in total. The van der Waals surface area contributed by atoms with E-state index >= 15 is 0 Å². The molecular weight excluding hydrogens is 244 g/mol. The quantitative estimate of drug-likeness (QED) is 0.882. The number of carboxylic acids is 1. The van der Waals surface area contributed by atoms with Gasteiger partial charge >= 0.3 is 5.97 Å². The van der Waals surface area contributed by atoms with Crippen LogP contribution in [0.5, 0.6) is 11.5 Å². The van der Waals surface area contributed by atoms with Crippen LogP contribution in [-0.2, 0) is 11.2 Å². The second-order valence-corrected chi connectivity index (χ2v) is 4.08. The number of methoxy groups -OCH3 is 2. The van der Waals surface area contributed by atoms with Gasteiger partial charge in [0.1, 0.15) is 11.5 Å². The monoisotopic (exact) mass is 258 g/mol. The minimum atomic E-state index is -0.870. The normalized spacial score (nSPS) is 12.0. The van der Waals surface area contributed by atoms with E-state index in [1.807, 2.05) is 0 Å². The van der Waals surface area contributed by atoms with E-state index in [9.17, 15) is 4.79 Å². The smallest absolute Gasteiger partial charge is 0.306 e. The number of hydrogen-bond donors (Lipinski definition) is 1. The second kappa shape index (κ2) is 5.77. The van der Waals surface area contributed by atoms with E-state index in [2.05, 4.69) is 0 Å². The van der Waals surface area contributed by atoms with Gasteiger partial charge in [-0.3, -0.25) is 4.79 Å². The number of benzene rings is 1. The summed E-state index contributed by atoms with van der Waals surface area (Å²) in [6.07, 6.45) is 0.300. The molecule has 0 aliphatic carbocycles. The van der Waals surface area contributed by atoms with Gasteiger partial charge in [0.2, 0.25) is 0 Å². The number of hydrogen-bond acceptors (Lipinski definition) is 3. The molecule has 1 aromatic rings. The topological polar surface area (TPSA) is 55.8 Å². The zero-order valence-corrected chi connectivity index (χ0v) is 10.7. The lowest BCUT2D eigenvalue weighted by molar-refractivity contribution is -0.141. The van der Waals surface area contributed by atoms with Crippen molar-refractivity contribution in [2.24, 2.45) is 5.92 Å². The molecule has 0 aliphatic rings. The first-order valence-corrected chi connectivity index (χ1v) is 5.51. The summed E-state index contributed by atoms with van der Waals surface area (Å²) in [7, 11) is 3.03. The van der Waals surface area contributed by atoms with E-state index in [-0.39, 0.29) is 0 Å². The number of carboxylic acid groups (broad SMARTS) is 1. The summed E-state index contributed by atoms with van der Waals surface area (Å²) < 4.78 is 10.3. The van der Waals surface area contributed by atoms with Crippen LogP contribution < -0.4 is 9.47 Å². The maximum absolute atomic E-state index is 10.9. The Morgan fingerprint density at radius 2 is 1.88 bits per heavy atom. The average Bonchev–Trinajstić information content (AvgIpc) is 2.31. The highest BCUT2D eigenvalue weighted by molar-refractivity contribution is 6.33. The molecule has 0 fully saturated rings. The molecule has 1 atom stereocenters. The van der Waals surface area contributed by atoms with Gasteiger partial charge in [0.25, 0.3) is 0 Å². The van der Waals surface area contributed by atoms with Crippen LogP contribution in [0.2, 0.25) is 5.02 Å². The molecule has 0 aliphatic heterocycles. The molecule has 0 radical (unpaired) electrons. The average molecular weight is 259 g/mol. The van der Waals surface area contributed by atoms with Crippen molar-refractivity contribution in [3.63, 3.8) is 0 Å². The Morgan fingerprint density at radius 3 is 2.35 bits per heavy atom. The van der Waals surface area contributed by atoms with Crippen LogP contribution in [0.1, 0.15) is 12.5 Å². The summed E-state index contributed by atoms with van der Waals surface area (Å²) in [5.41, 5.74) is 0.656. The molecule has 0 saturated heterocycles. The third kappa shape index (κ3) is 3.03. The van der Waals surface area contributed by atoms with E-state index in [0.29, 0.717) is 28.5 Å². The maximum Gasteiger partial charge on any atom is 0.306 e. The highest BCUT2D eigenvalue weighted by Gasteiger charge is 2.19. The minimum absolute atomic E-state index is 0.300. The summed E-state index contributed by atoms with van der Waals surface area (Å²) in [4.78, 5) is 10.9. The fourth-order valence-corrected chi connectivity index (χ4v) is 1.83. The van der Waals surface area contributed by atoms with Crippen LogP contribution in [0.15, 0.2) is 12.1 Å². The molecule has 5 heteroatoms. The van der Waals surface area contributed by atoms with Gasteiger partial charge in [0.15, 0.2) is 0 Å². The fourth-order valence-electron chi connectivity index (χ4n) is 1.51. The molecule has 0 saturated carbocycles. The van der Waals surface area contributed by atoms with E-state index in [4.69, 9.17) is 26.2 Å². The summed E-state index contributed by atoms with van der Waals surface area (Å²) in [5, 5.41) is 9.31. The van der Waals surface area contributed by atoms with Gasteiger partial charge in [-0.25, -0.2) is 0 Å². The van der Waals surface area contributed by atoms with Gasteiger partial charge in [-0.1, -0.05) is 18.5 Å². The summed E-state index contributed by atoms with van der Waals surface area (Å²) in [5.74, 6) is -0.316. The van der Waals surface area contributed by atoms with Crippen LogP contribution in [0.3, 0.4) is 0 Å². The highest BCUT2D eigenvalue weighted by Crippen LogP contribution is 2.36. The first-order chi connectivity index (χ1) is 8.01. The summed E-state index contributed by atoms with van der Waals surface area (Å²) in [6.45, 7) is 1.62. The third-order valence-corrected chi connectivity index (χ3v) is 2.95. The van der Waals surface area contributed by atoms with Crippen LogP contribution in [0.4, 0.5) is 0 Å². The Hall–Kier alpha value is -1.42. The largest absolute Gasteiger partial charge is 0.496 e. The number of halogens is 1. The van der Waals surface area contributed by atoms with Crippen LogP contribution in [0.25, 0.3) is 0 Å². The van der Waals surface area contributed by atoms with Crippen molar-refractivity contribution in [2.75, 3.05) is 14.2 Å². The molecule has 0 aromatic heterocycles. The Labute approximate surface area is 105 Å². The minimum Gasteiger partial charge on any atom is -0.496 e. The van der Waals surface area contributed by atoms with E-state index in [1.54, 1.807) is 19.1 Å². The van der Waals surface area contributed by atoms with Gasteiger partial charge in [-0.05, 0) is 18.6 Å². The van der Waals surface area contributed by atoms with Crippen LogP contribution >= 0.6 is 11.6 Å². The molecular formula is C12H15ClO4. The fraction of sp³-hybridized carbons (Fsp3) is 0.417. The van der Waals surface area contributed by atoms with Crippen LogP contribution in [-0.4, -0.2) is 25.3 Å². The predicted octanol–water partition coefficient (Wildman–Crippen LogP) is 2.62. The Morgan fingerprint density at radius 1 is 1.35 bits per heavy atom. The lowest BCUT2D eigenvalue weighted by Crippen LogP contribution is -2.13. The van der Waals surface area contributed by atoms with Crippen molar-refractivity contribution < 1.29 is 19.4 Å². The number of carbonyl (C=O) groups is 1. The van der Waals surface area contributed by atoms with Crippen molar-refractivity contribution in [1.29, 1.82) is 0 Å². The maximum atomic E-state index is 10.9. The first-order valence-electron chi connectivity index (χ1n) is 5.13. The number of ether oxygens (including phenoxy) is 2. The van der Waals surface area contributed by atoms with Crippen molar-refractivity contribution in [3.05, 3.63) is 22.7 Å². The van der Waals surface area contributed by atoms with Crippen molar-refractivity contribution in [2.45, 2.75) is 13.3 Å². The molecule has 4 nitrogen and oxygen atoms in total. The van der Waals surface area contributed by atoms with Gasteiger partial charge in [-0.2, -0.15) is 0 Å². The molecule has 1 aromatic carbocycles. The predicted molar refractivity (Wildman–Crippen MR) is 65.1 cm³/mol. The Balaban J connectivity index is 3.14. The number of rotatable bonds is 5. The van der Waals surface area contributed by atoms with Gasteiger partial charge in [0, 0.05) is 5.56 Å². The zero-order chi connectivity index (χ0) is 13.0. The van der Waals surface area contributed by atoms with Crippen LogP contribution in [0, 0.1) is 5.92 Å². The second-order valence-electron chi connectivity index (χ2n) is 3.71. The molecule has 17 heavy (non-hydrogen) atoms. The standard InChI is InChI=1S/C12H15ClO4/c1-7(12(14)15)6-8-9(16-2)4-5-10(17-3)11(8)13/h4-5,7H,6H2,1-3H3,(H,14,15). The molecule has 0 heterocycles. The third-order valence-electron chi connectivity index (χ3n) is 2.54. The van der Waals surface area contributed by atoms with E-state index < -0.39 is 11.9 Å². The van der Waals surface area contributed by atoms with Crippen molar-refractivity contribution in [1.82, 2.24) is 0 Å². The highest BCUT2D eigenvalue weighted by atomic mass is 35.5. The Kier molecular flexibility index (Phi) is 4.63. The van der Waals surface area contributed by atoms with E-state index in [1.165, 1.54) is 14.2 Å². The molecule has 94 valence electrons. The first kappa shape index (κ1) is 13.6. The molecule has 1 rings (SSSR count). The lowest BCUT2D eigenvalue weighted by atomic mass is 10.00. The summed E-state index contributed by atoms with van der Waals surface area (Å²) >= 11 is 6.14. The van der Waals surface area contributed by atoms with Gasteiger partial charge in [-0.15, -0.1) is 0 Å². The molecule has 0 spiro atoms.